The molecular formula is C13H18N2O5S. The van der Waals surface area contributed by atoms with Gasteiger partial charge in [0.2, 0.25) is 0 Å². The van der Waals surface area contributed by atoms with Crippen molar-refractivity contribution >= 4 is 21.2 Å². The molecular weight excluding hydrogens is 296 g/mol. The maximum atomic E-state index is 11.5. The lowest BCUT2D eigenvalue weighted by Crippen LogP contribution is -2.37. The number of anilines is 1. The van der Waals surface area contributed by atoms with E-state index in [0.717, 1.165) is 25.2 Å². The van der Waals surface area contributed by atoms with Crippen LogP contribution >= 0.6 is 0 Å². The fourth-order valence-electron chi connectivity index (χ4n) is 2.58. The van der Waals surface area contributed by atoms with E-state index in [4.69, 9.17) is 0 Å². The van der Waals surface area contributed by atoms with E-state index in [1.165, 1.54) is 12.1 Å². The number of sulfone groups is 1. The first-order chi connectivity index (χ1) is 9.82. The van der Waals surface area contributed by atoms with E-state index in [1.54, 1.807) is 0 Å². The lowest BCUT2D eigenvalue weighted by molar-refractivity contribution is -0.384. The number of hydrogen-bond acceptors (Lipinski definition) is 6. The van der Waals surface area contributed by atoms with E-state index in [-0.39, 0.29) is 23.1 Å². The molecule has 1 aliphatic rings. The zero-order chi connectivity index (χ0) is 15.6. The van der Waals surface area contributed by atoms with Crippen molar-refractivity contribution in [2.75, 3.05) is 30.9 Å². The summed E-state index contributed by atoms with van der Waals surface area (Å²) in [6.45, 7) is 1.25. The first kappa shape index (κ1) is 15.7. The molecule has 1 aromatic carbocycles. The summed E-state index contributed by atoms with van der Waals surface area (Å²) < 4.78 is 23.0. The molecule has 0 aliphatic carbocycles. The Kier molecular flexibility index (Phi) is 4.48. The summed E-state index contributed by atoms with van der Waals surface area (Å²) in [6, 6.07) is 3.97. The highest BCUT2D eigenvalue weighted by Gasteiger charge is 2.26. The molecule has 0 radical (unpaired) electrons. The summed E-state index contributed by atoms with van der Waals surface area (Å²) in [6.07, 6.45) is 2.76. The molecule has 1 aliphatic heterocycles. The molecule has 1 atom stereocenters. The van der Waals surface area contributed by atoms with Crippen LogP contribution in [0, 0.1) is 16.0 Å². The van der Waals surface area contributed by atoms with Gasteiger partial charge in [0.15, 0.2) is 9.84 Å². The minimum Gasteiger partial charge on any atom is -0.396 e. The van der Waals surface area contributed by atoms with Crippen LogP contribution in [0.3, 0.4) is 0 Å². The number of nitro benzene ring substituents is 1. The van der Waals surface area contributed by atoms with Crippen LogP contribution in [0.5, 0.6) is 0 Å². The number of benzene rings is 1. The molecule has 1 aromatic rings. The average Bonchev–Trinajstić information content (AvgIpc) is 2.45. The molecule has 7 nitrogen and oxygen atoms in total. The second-order valence-electron chi connectivity index (χ2n) is 5.32. The summed E-state index contributed by atoms with van der Waals surface area (Å²) in [5, 5.41) is 20.5. The third-order valence-corrected chi connectivity index (χ3v) is 4.80. The molecule has 2 rings (SSSR count). The highest BCUT2D eigenvalue weighted by molar-refractivity contribution is 7.90. The van der Waals surface area contributed by atoms with Gasteiger partial charge >= 0.3 is 0 Å². The van der Waals surface area contributed by atoms with Crippen molar-refractivity contribution in [1.82, 2.24) is 0 Å². The number of hydrogen-bond donors (Lipinski definition) is 1. The molecule has 0 aromatic heterocycles. The van der Waals surface area contributed by atoms with Crippen molar-refractivity contribution in [3.05, 3.63) is 28.3 Å². The molecule has 0 spiro atoms. The van der Waals surface area contributed by atoms with Crippen LogP contribution < -0.4 is 4.90 Å². The highest BCUT2D eigenvalue weighted by atomic mass is 32.2. The zero-order valence-electron chi connectivity index (χ0n) is 11.7. The average molecular weight is 314 g/mol. The van der Waals surface area contributed by atoms with Crippen LogP contribution in [-0.2, 0) is 9.84 Å². The molecule has 0 amide bonds. The number of aliphatic hydroxyl groups is 1. The van der Waals surface area contributed by atoms with Crippen LogP contribution in [-0.4, -0.2) is 44.4 Å². The van der Waals surface area contributed by atoms with Crippen molar-refractivity contribution in [2.24, 2.45) is 5.92 Å². The Labute approximate surface area is 123 Å². The van der Waals surface area contributed by atoms with E-state index >= 15 is 0 Å². The van der Waals surface area contributed by atoms with Crippen LogP contribution in [0.4, 0.5) is 11.4 Å². The SMILES string of the molecule is CS(=O)(=O)c1ccc(N2CCC[C@H](CO)C2)c([N+](=O)[O-])c1. The second kappa shape index (κ2) is 5.98. The normalized spacial score (nSPS) is 19.5. The van der Waals surface area contributed by atoms with E-state index in [1.807, 2.05) is 4.90 Å². The Balaban J connectivity index is 2.41. The van der Waals surface area contributed by atoms with Gasteiger partial charge in [-0.1, -0.05) is 0 Å². The van der Waals surface area contributed by atoms with Gasteiger partial charge in [0.05, 0.1) is 9.82 Å². The number of rotatable bonds is 4. The van der Waals surface area contributed by atoms with Gasteiger partial charge in [-0.15, -0.1) is 0 Å². The van der Waals surface area contributed by atoms with Crippen molar-refractivity contribution in [3.8, 4) is 0 Å². The van der Waals surface area contributed by atoms with Crippen LogP contribution in [0.25, 0.3) is 0 Å². The Hall–Kier alpha value is -1.67. The van der Waals surface area contributed by atoms with Crippen molar-refractivity contribution in [1.29, 1.82) is 0 Å². The monoisotopic (exact) mass is 314 g/mol. The smallest absolute Gasteiger partial charge is 0.293 e. The molecule has 1 heterocycles. The van der Waals surface area contributed by atoms with Gasteiger partial charge in [0, 0.05) is 32.0 Å². The van der Waals surface area contributed by atoms with E-state index in [9.17, 15) is 23.6 Å². The number of nitrogens with zero attached hydrogens (tertiary/aromatic N) is 2. The van der Waals surface area contributed by atoms with Gasteiger partial charge in [-0.05, 0) is 30.9 Å². The van der Waals surface area contributed by atoms with Gasteiger partial charge < -0.3 is 10.0 Å². The first-order valence-electron chi connectivity index (χ1n) is 6.67. The zero-order valence-corrected chi connectivity index (χ0v) is 12.5. The Morgan fingerprint density at radius 3 is 2.76 bits per heavy atom. The Morgan fingerprint density at radius 1 is 1.48 bits per heavy atom. The molecule has 116 valence electrons. The minimum absolute atomic E-state index is 0.0473. The summed E-state index contributed by atoms with van der Waals surface area (Å²) in [7, 11) is -3.48. The number of nitro groups is 1. The minimum atomic E-state index is -3.48. The van der Waals surface area contributed by atoms with Gasteiger partial charge in [0.25, 0.3) is 5.69 Å². The highest BCUT2D eigenvalue weighted by Crippen LogP contribution is 2.33. The fourth-order valence-corrected chi connectivity index (χ4v) is 3.22. The van der Waals surface area contributed by atoms with Gasteiger partial charge in [-0.25, -0.2) is 8.42 Å². The molecule has 1 fully saturated rings. The standard InChI is InChI=1S/C13H18N2O5S/c1-21(19,20)11-4-5-12(13(7-11)15(17)18)14-6-2-3-10(8-14)9-16/h4-5,7,10,16H,2-3,6,8-9H2,1H3/t10-/m0/s1. The molecule has 1 N–H and O–H groups in total. The van der Waals surface area contributed by atoms with Crippen molar-refractivity contribution in [3.63, 3.8) is 0 Å². The third-order valence-electron chi connectivity index (χ3n) is 3.69. The van der Waals surface area contributed by atoms with E-state index in [2.05, 4.69) is 0 Å². The van der Waals surface area contributed by atoms with Crippen LogP contribution in [0.2, 0.25) is 0 Å². The predicted octanol–water partition coefficient (Wildman–Crippen LogP) is 1.21. The largest absolute Gasteiger partial charge is 0.396 e. The summed E-state index contributed by atoms with van der Waals surface area (Å²) >= 11 is 0. The van der Waals surface area contributed by atoms with Crippen molar-refractivity contribution < 1.29 is 18.4 Å². The summed E-state index contributed by atoms with van der Waals surface area (Å²) in [5.41, 5.74) is 0.196. The maximum absolute atomic E-state index is 11.5. The number of aliphatic hydroxyl groups excluding tert-OH is 1. The topological polar surface area (TPSA) is 101 Å². The van der Waals surface area contributed by atoms with Crippen LogP contribution in [0.1, 0.15) is 12.8 Å². The molecule has 1 saturated heterocycles. The maximum Gasteiger partial charge on any atom is 0.293 e. The predicted molar refractivity (Wildman–Crippen MR) is 78.2 cm³/mol. The molecule has 21 heavy (non-hydrogen) atoms. The molecule has 0 unspecified atom stereocenters. The lowest BCUT2D eigenvalue weighted by atomic mass is 9.98. The summed E-state index contributed by atoms with van der Waals surface area (Å²) in [4.78, 5) is 12.4. The number of piperidine rings is 1. The third kappa shape index (κ3) is 3.51. The Morgan fingerprint density at radius 2 is 2.19 bits per heavy atom. The molecule has 0 saturated carbocycles. The van der Waals surface area contributed by atoms with Gasteiger partial charge in [0.1, 0.15) is 5.69 Å². The lowest BCUT2D eigenvalue weighted by Gasteiger charge is -2.33. The fraction of sp³-hybridized carbons (Fsp3) is 0.538. The quantitative estimate of drug-likeness (QED) is 0.662. The first-order valence-corrected chi connectivity index (χ1v) is 8.56. The summed E-state index contributed by atoms with van der Waals surface area (Å²) in [5.74, 6) is 0.0907. The second-order valence-corrected chi connectivity index (χ2v) is 7.33. The van der Waals surface area contributed by atoms with E-state index in [0.29, 0.717) is 18.8 Å². The van der Waals surface area contributed by atoms with Gasteiger partial charge in [-0.2, -0.15) is 0 Å². The Bertz CT molecular complexity index is 644. The molecule has 8 heteroatoms. The van der Waals surface area contributed by atoms with Gasteiger partial charge in [-0.3, -0.25) is 10.1 Å². The van der Waals surface area contributed by atoms with Crippen molar-refractivity contribution in [2.45, 2.75) is 17.7 Å². The van der Waals surface area contributed by atoms with E-state index < -0.39 is 14.8 Å². The molecule has 0 bridgehead atoms. The van der Waals surface area contributed by atoms with Crippen LogP contribution in [0.15, 0.2) is 23.1 Å².